The lowest BCUT2D eigenvalue weighted by molar-refractivity contribution is -0.129. The van der Waals surface area contributed by atoms with E-state index in [9.17, 15) is 4.79 Å². The zero-order valence-corrected chi connectivity index (χ0v) is 14.1. The second kappa shape index (κ2) is 6.03. The molecule has 0 bridgehead atoms. The Morgan fingerprint density at radius 3 is 2.88 bits per heavy atom. The Morgan fingerprint density at radius 2 is 2.25 bits per heavy atom. The van der Waals surface area contributed by atoms with E-state index in [2.05, 4.69) is 34.2 Å². The van der Waals surface area contributed by atoms with Gasteiger partial charge in [0.2, 0.25) is 5.91 Å². The molecule has 2 fully saturated rings. The predicted octanol–water partition coefficient (Wildman–Crippen LogP) is 2.11. The minimum Gasteiger partial charge on any atom is -0.364 e. The SMILES string of the molecule is CC(C)c1n[nH]c([C@H]2CN(C(=O)Cc3ccon3)C[C@@H]2C2CC2)n1. The van der Waals surface area contributed by atoms with Crippen molar-refractivity contribution < 1.29 is 9.32 Å². The van der Waals surface area contributed by atoms with Gasteiger partial charge in [-0.2, -0.15) is 5.10 Å². The molecule has 0 unspecified atom stereocenters. The molecule has 128 valence electrons. The number of hydrogen-bond donors (Lipinski definition) is 1. The van der Waals surface area contributed by atoms with Crippen molar-refractivity contribution in [1.29, 1.82) is 0 Å². The van der Waals surface area contributed by atoms with Crippen LogP contribution in [0.15, 0.2) is 16.9 Å². The fourth-order valence-electron chi connectivity index (χ4n) is 3.63. The molecule has 0 spiro atoms. The number of carbonyl (C=O) groups excluding carboxylic acids is 1. The van der Waals surface area contributed by atoms with Gasteiger partial charge < -0.3 is 9.42 Å². The second-order valence-corrected chi connectivity index (χ2v) is 7.31. The molecule has 3 heterocycles. The van der Waals surface area contributed by atoms with Crippen molar-refractivity contribution in [3.8, 4) is 0 Å². The summed E-state index contributed by atoms with van der Waals surface area (Å²) in [5, 5.41) is 11.3. The third kappa shape index (κ3) is 2.95. The molecule has 2 aromatic rings. The van der Waals surface area contributed by atoms with Gasteiger partial charge in [0, 0.05) is 31.0 Å². The van der Waals surface area contributed by atoms with E-state index in [1.165, 1.54) is 19.1 Å². The van der Waals surface area contributed by atoms with E-state index in [-0.39, 0.29) is 11.8 Å². The van der Waals surface area contributed by atoms with Crippen LogP contribution in [-0.2, 0) is 11.2 Å². The molecule has 1 N–H and O–H groups in total. The summed E-state index contributed by atoms with van der Waals surface area (Å²) >= 11 is 0. The van der Waals surface area contributed by atoms with Crippen LogP contribution in [0.4, 0.5) is 0 Å². The highest BCUT2D eigenvalue weighted by Crippen LogP contribution is 2.47. The molecule has 2 aliphatic rings. The van der Waals surface area contributed by atoms with Crippen LogP contribution in [0.5, 0.6) is 0 Å². The first-order chi connectivity index (χ1) is 11.6. The van der Waals surface area contributed by atoms with Gasteiger partial charge in [0.15, 0.2) is 5.82 Å². The molecule has 4 rings (SSSR count). The molecule has 1 saturated carbocycles. The molecule has 24 heavy (non-hydrogen) atoms. The average molecular weight is 329 g/mol. The highest BCUT2D eigenvalue weighted by Gasteiger charge is 2.45. The van der Waals surface area contributed by atoms with Crippen molar-refractivity contribution in [2.75, 3.05) is 13.1 Å². The first kappa shape index (κ1) is 15.4. The largest absolute Gasteiger partial charge is 0.364 e. The molecule has 1 saturated heterocycles. The summed E-state index contributed by atoms with van der Waals surface area (Å²) in [6.07, 6.45) is 4.33. The van der Waals surface area contributed by atoms with Crippen molar-refractivity contribution in [3.63, 3.8) is 0 Å². The summed E-state index contributed by atoms with van der Waals surface area (Å²) in [5.41, 5.74) is 0.688. The Kier molecular flexibility index (Phi) is 3.86. The maximum atomic E-state index is 12.6. The van der Waals surface area contributed by atoms with Gasteiger partial charge in [0.1, 0.15) is 12.1 Å². The topological polar surface area (TPSA) is 87.9 Å². The van der Waals surface area contributed by atoms with Gasteiger partial charge in [0.05, 0.1) is 12.1 Å². The molecule has 1 aliphatic carbocycles. The summed E-state index contributed by atoms with van der Waals surface area (Å²) in [4.78, 5) is 19.2. The van der Waals surface area contributed by atoms with Crippen molar-refractivity contribution in [3.05, 3.63) is 29.7 Å². The number of nitrogens with one attached hydrogen (secondary N) is 1. The van der Waals surface area contributed by atoms with Crippen LogP contribution in [0.2, 0.25) is 0 Å². The van der Waals surface area contributed by atoms with Gasteiger partial charge >= 0.3 is 0 Å². The van der Waals surface area contributed by atoms with Crippen LogP contribution in [0.3, 0.4) is 0 Å². The third-order valence-electron chi connectivity index (χ3n) is 5.16. The van der Waals surface area contributed by atoms with Gasteiger partial charge in [-0.1, -0.05) is 19.0 Å². The minimum absolute atomic E-state index is 0.112. The Bertz CT molecular complexity index is 704. The number of rotatable bonds is 5. The summed E-state index contributed by atoms with van der Waals surface area (Å²) < 4.78 is 4.82. The summed E-state index contributed by atoms with van der Waals surface area (Å²) in [6.45, 7) is 5.70. The first-order valence-electron chi connectivity index (χ1n) is 8.71. The van der Waals surface area contributed by atoms with E-state index in [1.807, 2.05) is 4.90 Å². The summed E-state index contributed by atoms with van der Waals surface area (Å²) in [6, 6.07) is 1.75. The van der Waals surface area contributed by atoms with Gasteiger partial charge in [-0.3, -0.25) is 9.89 Å². The van der Waals surface area contributed by atoms with Crippen LogP contribution in [0.1, 0.15) is 55.9 Å². The molecule has 1 amide bonds. The number of hydrogen-bond acceptors (Lipinski definition) is 5. The smallest absolute Gasteiger partial charge is 0.228 e. The fourth-order valence-corrected chi connectivity index (χ4v) is 3.63. The number of aromatic amines is 1. The van der Waals surface area contributed by atoms with Crippen molar-refractivity contribution in [2.24, 2.45) is 11.8 Å². The second-order valence-electron chi connectivity index (χ2n) is 7.31. The number of likely N-dealkylation sites (tertiary alicyclic amines) is 1. The number of nitrogens with zero attached hydrogens (tertiary/aromatic N) is 4. The number of amides is 1. The molecule has 1 aliphatic heterocycles. The molecule has 7 heteroatoms. The van der Waals surface area contributed by atoms with Gasteiger partial charge in [0.25, 0.3) is 0 Å². The Hall–Kier alpha value is -2.18. The molecule has 2 aromatic heterocycles. The molecule has 2 atom stereocenters. The average Bonchev–Trinajstić information content (AvgIpc) is 2.99. The van der Waals surface area contributed by atoms with Crippen LogP contribution in [0, 0.1) is 11.8 Å². The van der Waals surface area contributed by atoms with E-state index in [4.69, 9.17) is 4.52 Å². The molecular weight excluding hydrogens is 306 g/mol. The lowest BCUT2D eigenvalue weighted by Gasteiger charge is -2.15. The number of H-pyrrole nitrogens is 1. The van der Waals surface area contributed by atoms with Crippen LogP contribution < -0.4 is 0 Å². The van der Waals surface area contributed by atoms with E-state index < -0.39 is 0 Å². The number of carbonyl (C=O) groups is 1. The fraction of sp³-hybridized carbons (Fsp3) is 0.647. The van der Waals surface area contributed by atoms with E-state index in [0.717, 1.165) is 18.2 Å². The van der Waals surface area contributed by atoms with E-state index >= 15 is 0 Å². The maximum Gasteiger partial charge on any atom is 0.228 e. The van der Waals surface area contributed by atoms with Gasteiger partial charge in [-0.05, 0) is 24.7 Å². The normalized spacial score (nSPS) is 24.0. The lowest BCUT2D eigenvalue weighted by atomic mass is 9.91. The summed E-state index contributed by atoms with van der Waals surface area (Å²) in [7, 11) is 0. The highest BCUT2D eigenvalue weighted by atomic mass is 16.5. The van der Waals surface area contributed by atoms with Gasteiger partial charge in [-0.25, -0.2) is 4.98 Å². The lowest BCUT2D eigenvalue weighted by Crippen LogP contribution is -2.30. The van der Waals surface area contributed by atoms with Crippen LogP contribution in [0.25, 0.3) is 0 Å². The standard InChI is InChI=1S/C17H23N5O2/c1-10(2)16-18-17(20-19-16)14-9-22(8-13(14)11-3-4-11)15(23)7-12-5-6-24-21-12/h5-6,10-11,13-14H,3-4,7-9H2,1-2H3,(H,18,19,20)/t13-,14+/m1/s1. The quantitative estimate of drug-likeness (QED) is 0.907. The third-order valence-corrected chi connectivity index (χ3v) is 5.16. The molecular formula is C17H23N5O2. The van der Waals surface area contributed by atoms with E-state index in [0.29, 0.717) is 36.4 Å². The van der Waals surface area contributed by atoms with Crippen molar-refractivity contribution >= 4 is 5.91 Å². The zero-order valence-electron chi connectivity index (χ0n) is 14.1. The summed E-state index contributed by atoms with van der Waals surface area (Å²) in [5.74, 6) is 3.67. The zero-order chi connectivity index (χ0) is 16.7. The van der Waals surface area contributed by atoms with E-state index in [1.54, 1.807) is 6.07 Å². The van der Waals surface area contributed by atoms with Crippen molar-refractivity contribution in [1.82, 2.24) is 25.2 Å². The minimum atomic E-state index is 0.112. The molecule has 0 aromatic carbocycles. The first-order valence-corrected chi connectivity index (χ1v) is 8.71. The van der Waals surface area contributed by atoms with Crippen LogP contribution in [-0.4, -0.2) is 44.2 Å². The Labute approximate surface area is 140 Å². The monoisotopic (exact) mass is 329 g/mol. The molecule has 0 radical (unpaired) electrons. The predicted molar refractivity (Wildman–Crippen MR) is 86.2 cm³/mol. The van der Waals surface area contributed by atoms with Gasteiger partial charge in [-0.15, -0.1) is 0 Å². The Morgan fingerprint density at radius 1 is 1.42 bits per heavy atom. The number of aromatic nitrogens is 4. The Balaban J connectivity index is 1.50. The highest BCUT2D eigenvalue weighted by molar-refractivity contribution is 5.78. The van der Waals surface area contributed by atoms with Crippen LogP contribution >= 0.6 is 0 Å². The van der Waals surface area contributed by atoms with Crippen molar-refractivity contribution in [2.45, 2.75) is 44.9 Å². The maximum absolute atomic E-state index is 12.6. The molecule has 7 nitrogen and oxygen atoms in total.